The highest BCUT2D eigenvalue weighted by atomic mass is 16.2. The van der Waals surface area contributed by atoms with Crippen LogP contribution in [0, 0.1) is 0 Å². The summed E-state index contributed by atoms with van der Waals surface area (Å²) in [5.41, 5.74) is 12.3. The molecule has 4 N–H and O–H groups in total. The van der Waals surface area contributed by atoms with Gasteiger partial charge in [-0.2, -0.15) is 0 Å². The minimum Gasteiger partial charge on any atom is -0.394 e. The van der Waals surface area contributed by atoms with E-state index in [0.717, 1.165) is 11.1 Å². The number of nitrogens with zero attached hydrogens (tertiary/aromatic N) is 1. The third-order valence-corrected chi connectivity index (χ3v) is 3.64. The molecule has 6 heteroatoms. The highest BCUT2D eigenvalue weighted by Gasteiger charge is 2.30. The first kappa shape index (κ1) is 12.6. The minimum atomic E-state index is -0.672. The highest BCUT2D eigenvalue weighted by Crippen LogP contribution is 2.26. The van der Waals surface area contributed by atoms with Gasteiger partial charge in [-0.15, -0.1) is 0 Å². The maximum atomic E-state index is 12.1. The molecule has 2 aromatic carbocycles. The number of benzene rings is 1. The van der Waals surface area contributed by atoms with Crippen LogP contribution in [0.1, 0.15) is 21.5 Å². The molecule has 102 valence electrons. The maximum Gasteiger partial charge on any atom is 0.253 e. The van der Waals surface area contributed by atoms with E-state index in [0.29, 0.717) is 18.7 Å². The number of fused-ring (bicyclic) bond motifs is 1. The van der Waals surface area contributed by atoms with Crippen LogP contribution in [0.5, 0.6) is 0 Å². The zero-order valence-corrected chi connectivity index (χ0v) is 10.7. The summed E-state index contributed by atoms with van der Waals surface area (Å²) in [6.45, 7) is 0.817. The molecular weight excluding hydrogens is 258 g/mol. The number of nitrogen functional groups attached to an aromatic ring is 1. The number of Topliss-reactive ketones (excluding diaryl/α,β-unsaturated/α-hetero) is 1. The second-order valence-corrected chi connectivity index (χ2v) is 4.90. The average Bonchev–Trinajstić information content (AvgIpc) is 2.46. The van der Waals surface area contributed by atoms with Crippen molar-refractivity contribution in [2.75, 3.05) is 17.2 Å². The molecule has 0 saturated carbocycles. The first-order valence-corrected chi connectivity index (χ1v) is 6.21. The Morgan fingerprint density at radius 3 is 2.50 bits per heavy atom. The first-order valence-electron chi connectivity index (χ1n) is 6.21. The SMILES string of the molecule is NCc1ccc2c(c1)CN(c1c(N)c(=O)c1=O)CC2=O. The fourth-order valence-corrected chi connectivity index (χ4v) is 2.57. The van der Waals surface area contributed by atoms with Gasteiger partial charge in [-0.3, -0.25) is 14.4 Å². The number of hydrogen-bond acceptors (Lipinski definition) is 6. The normalized spacial score (nSPS) is 14.7. The van der Waals surface area contributed by atoms with Crippen LogP contribution in [-0.4, -0.2) is 12.3 Å². The summed E-state index contributed by atoms with van der Waals surface area (Å²) in [4.78, 5) is 36.4. The van der Waals surface area contributed by atoms with Crippen molar-refractivity contribution in [3.05, 3.63) is 55.3 Å². The van der Waals surface area contributed by atoms with Crippen molar-refractivity contribution in [3.8, 4) is 0 Å². The van der Waals surface area contributed by atoms with Crippen LogP contribution in [0.4, 0.5) is 11.4 Å². The Balaban J connectivity index is 2.02. The lowest BCUT2D eigenvalue weighted by Crippen LogP contribution is -2.46. The van der Waals surface area contributed by atoms with Gasteiger partial charge in [0.2, 0.25) is 0 Å². The Hall–Kier alpha value is -2.47. The zero-order chi connectivity index (χ0) is 14.4. The van der Waals surface area contributed by atoms with E-state index in [1.807, 2.05) is 12.1 Å². The van der Waals surface area contributed by atoms with Crippen molar-refractivity contribution in [2.45, 2.75) is 13.1 Å². The summed E-state index contributed by atoms with van der Waals surface area (Å²) in [6.07, 6.45) is 0. The lowest BCUT2D eigenvalue weighted by Gasteiger charge is -2.30. The number of nitrogens with two attached hydrogens (primary N) is 2. The fraction of sp³-hybridized carbons (Fsp3) is 0.214. The largest absolute Gasteiger partial charge is 0.394 e. The second-order valence-electron chi connectivity index (χ2n) is 4.90. The van der Waals surface area contributed by atoms with E-state index in [4.69, 9.17) is 11.5 Å². The van der Waals surface area contributed by atoms with Crippen LogP contribution < -0.4 is 27.2 Å². The Morgan fingerprint density at radius 1 is 1.10 bits per heavy atom. The molecule has 0 bridgehead atoms. The first-order chi connectivity index (χ1) is 9.52. The van der Waals surface area contributed by atoms with Crippen LogP contribution in [-0.2, 0) is 13.1 Å². The predicted octanol–water partition coefficient (Wildman–Crippen LogP) is -0.474. The van der Waals surface area contributed by atoms with E-state index >= 15 is 0 Å². The topological polar surface area (TPSA) is 106 Å². The fourth-order valence-electron chi connectivity index (χ4n) is 2.57. The quantitative estimate of drug-likeness (QED) is 0.715. The molecule has 0 saturated heterocycles. The molecule has 0 fully saturated rings. The van der Waals surface area contributed by atoms with E-state index < -0.39 is 10.9 Å². The second kappa shape index (κ2) is 4.28. The number of carbonyl (C=O) groups excluding carboxylic acids is 1. The van der Waals surface area contributed by atoms with Gasteiger partial charge in [0.15, 0.2) is 5.78 Å². The molecule has 1 aliphatic rings. The minimum absolute atomic E-state index is 0.0544. The van der Waals surface area contributed by atoms with Crippen molar-refractivity contribution in [2.24, 2.45) is 5.73 Å². The van der Waals surface area contributed by atoms with E-state index in [9.17, 15) is 14.4 Å². The molecule has 0 unspecified atom stereocenters. The van der Waals surface area contributed by atoms with Gasteiger partial charge in [0, 0.05) is 18.7 Å². The van der Waals surface area contributed by atoms with Gasteiger partial charge in [-0.25, -0.2) is 0 Å². The van der Waals surface area contributed by atoms with Crippen molar-refractivity contribution in [1.82, 2.24) is 0 Å². The summed E-state index contributed by atoms with van der Waals surface area (Å²) in [6, 6.07) is 5.42. The summed E-state index contributed by atoms with van der Waals surface area (Å²) in [5, 5.41) is 0. The molecule has 3 rings (SSSR count). The van der Waals surface area contributed by atoms with E-state index in [2.05, 4.69) is 0 Å². The van der Waals surface area contributed by atoms with Crippen LogP contribution in [0.2, 0.25) is 0 Å². The third kappa shape index (κ3) is 1.65. The van der Waals surface area contributed by atoms with Gasteiger partial charge in [0.05, 0.1) is 6.54 Å². The monoisotopic (exact) mass is 271 g/mol. The van der Waals surface area contributed by atoms with Gasteiger partial charge >= 0.3 is 0 Å². The summed E-state index contributed by atoms with van der Waals surface area (Å²) in [7, 11) is 0. The standard InChI is InChI=1S/C14H13N3O3/c15-4-7-1-2-9-8(3-7)5-17(6-10(9)18)12-11(16)13(19)14(12)20/h1-3H,4-6,15-16H2. The molecule has 0 amide bonds. The predicted molar refractivity (Wildman–Crippen MR) is 75.5 cm³/mol. The molecule has 20 heavy (non-hydrogen) atoms. The van der Waals surface area contributed by atoms with Crippen LogP contribution in [0.25, 0.3) is 0 Å². The number of hydrogen-bond donors (Lipinski definition) is 2. The van der Waals surface area contributed by atoms with E-state index in [-0.39, 0.29) is 23.7 Å². The van der Waals surface area contributed by atoms with E-state index in [1.165, 1.54) is 0 Å². The molecule has 2 aromatic rings. The van der Waals surface area contributed by atoms with Crippen LogP contribution in [0.15, 0.2) is 27.8 Å². The van der Waals surface area contributed by atoms with E-state index in [1.54, 1.807) is 11.0 Å². The van der Waals surface area contributed by atoms with Crippen LogP contribution in [0.3, 0.4) is 0 Å². The van der Waals surface area contributed by atoms with Gasteiger partial charge < -0.3 is 16.4 Å². The summed E-state index contributed by atoms with van der Waals surface area (Å²) in [5.74, 6) is -0.0951. The van der Waals surface area contributed by atoms with Crippen molar-refractivity contribution in [3.63, 3.8) is 0 Å². The number of rotatable bonds is 2. The van der Waals surface area contributed by atoms with Gasteiger partial charge in [0.1, 0.15) is 11.4 Å². The molecule has 0 aromatic heterocycles. The maximum absolute atomic E-state index is 12.1. The summed E-state index contributed by atoms with van der Waals surface area (Å²) >= 11 is 0. The number of carbonyl (C=O) groups is 1. The molecule has 0 atom stereocenters. The lowest BCUT2D eigenvalue weighted by molar-refractivity contribution is 0.0992. The molecule has 1 aliphatic heterocycles. The highest BCUT2D eigenvalue weighted by molar-refractivity contribution is 6.02. The third-order valence-electron chi connectivity index (χ3n) is 3.64. The summed E-state index contributed by atoms with van der Waals surface area (Å²) < 4.78 is 0. The molecular formula is C14H13N3O3. The molecule has 0 aliphatic carbocycles. The average molecular weight is 271 g/mol. The Bertz CT molecular complexity index is 787. The van der Waals surface area contributed by atoms with Gasteiger partial charge in [0.25, 0.3) is 10.9 Å². The van der Waals surface area contributed by atoms with Crippen molar-refractivity contribution in [1.29, 1.82) is 0 Å². The molecule has 6 nitrogen and oxygen atoms in total. The Labute approximate surface area is 114 Å². The van der Waals surface area contributed by atoms with Crippen molar-refractivity contribution < 1.29 is 4.79 Å². The Kier molecular flexibility index (Phi) is 2.69. The smallest absolute Gasteiger partial charge is 0.253 e. The Morgan fingerprint density at radius 2 is 1.85 bits per heavy atom. The zero-order valence-electron chi connectivity index (χ0n) is 10.7. The van der Waals surface area contributed by atoms with Gasteiger partial charge in [-0.05, 0) is 11.1 Å². The lowest BCUT2D eigenvalue weighted by atomic mass is 9.95. The van der Waals surface area contributed by atoms with Crippen molar-refractivity contribution >= 4 is 17.2 Å². The molecule has 0 radical (unpaired) electrons. The van der Waals surface area contributed by atoms with Gasteiger partial charge in [-0.1, -0.05) is 18.2 Å². The number of anilines is 2. The van der Waals surface area contributed by atoms with Crippen LogP contribution >= 0.6 is 0 Å². The molecule has 1 heterocycles. The molecule has 0 spiro atoms. The number of ketones is 1.